The predicted molar refractivity (Wildman–Crippen MR) is 174 cm³/mol. The van der Waals surface area contributed by atoms with Crippen LogP contribution in [-0.4, -0.2) is 46.1 Å². The van der Waals surface area contributed by atoms with E-state index in [2.05, 4.69) is 17.6 Å². The summed E-state index contributed by atoms with van der Waals surface area (Å²) in [5.41, 5.74) is 2.21. The Balaban J connectivity index is 2.04. The number of hydrogen-bond acceptors (Lipinski definition) is 5. The number of nitrogens with one attached hydrogen (secondary N) is 2. The molecule has 3 amide bonds. The molecule has 2 unspecified atom stereocenters. The van der Waals surface area contributed by atoms with Crippen LogP contribution in [0.4, 0.5) is 10.5 Å². The van der Waals surface area contributed by atoms with E-state index >= 15 is 0 Å². The van der Waals surface area contributed by atoms with Crippen LogP contribution in [0, 0.1) is 6.92 Å². The quantitative estimate of drug-likeness (QED) is 0.168. The van der Waals surface area contributed by atoms with Gasteiger partial charge >= 0.3 is 6.09 Å². The molecular weight excluding hydrogens is 554 g/mol. The molecule has 3 rings (SSSR count). The van der Waals surface area contributed by atoms with Crippen molar-refractivity contribution in [3.63, 3.8) is 0 Å². The molecule has 44 heavy (non-hydrogen) atoms. The first-order valence-electron chi connectivity index (χ1n) is 15.5. The second-order valence-electron chi connectivity index (χ2n) is 12.1. The lowest BCUT2D eigenvalue weighted by molar-refractivity contribution is -0.140. The minimum Gasteiger partial charge on any atom is -0.508 e. The van der Waals surface area contributed by atoms with Gasteiger partial charge in [-0.25, -0.2) is 4.79 Å². The van der Waals surface area contributed by atoms with Crippen LogP contribution in [0.25, 0.3) is 0 Å². The van der Waals surface area contributed by atoms with Gasteiger partial charge in [0.2, 0.25) is 5.91 Å². The molecule has 0 spiro atoms. The smallest absolute Gasteiger partial charge is 0.408 e. The van der Waals surface area contributed by atoms with Crippen molar-refractivity contribution in [3.8, 4) is 5.75 Å². The van der Waals surface area contributed by atoms with E-state index in [1.54, 1.807) is 37.8 Å². The van der Waals surface area contributed by atoms with Crippen molar-refractivity contribution < 1.29 is 24.2 Å². The predicted octanol–water partition coefficient (Wildman–Crippen LogP) is 7.32. The number of carbonyl (C=O) groups excluding carboxylic acids is 3. The summed E-state index contributed by atoms with van der Waals surface area (Å²) in [5, 5.41) is 15.6. The van der Waals surface area contributed by atoms with Crippen molar-refractivity contribution in [2.24, 2.45) is 0 Å². The molecule has 2 atom stereocenters. The average Bonchev–Trinajstić information content (AvgIpc) is 2.97. The molecular formula is C36H47N3O5. The Morgan fingerprint density at radius 3 is 2.14 bits per heavy atom. The van der Waals surface area contributed by atoms with Gasteiger partial charge in [0.25, 0.3) is 5.91 Å². The Morgan fingerprint density at radius 2 is 1.50 bits per heavy atom. The van der Waals surface area contributed by atoms with Crippen LogP contribution in [0.1, 0.15) is 82.5 Å². The van der Waals surface area contributed by atoms with Crippen LogP contribution in [-0.2, 0) is 20.7 Å². The number of ether oxygens (including phenoxy) is 1. The van der Waals surface area contributed by atoms with E-state index in [0.29, 0.717) is 24.2 Å². The highest BCUT2D eigenvalue weighted by Gasteiger charge is 2.36. The number of carbonyl (C=O) groups is 3. The topological polar surface area (TPSA) is 108 Å². The van der Waals surface area contributed by atoms with Crippen molar-refractivity contribution in [1.29, 1.82) is 0 Å². The van der Waals surface area contributed by atoms with Crippen LogP contribution < -0.4 is 10.6 Å². The van der Waals surface area contributed by atoms with Crippen LogP contribution in [0.3, 0.4) is 0 Å². The number of aryl methyl sites for hydroxylation is 1. The zero-order chi connectivity index (χ0) is 32.1. The SMILES string of the molecule is CCCCCCCN(C(=O)C(Cc1ccc(O)cc1)NC(=O)OC(C)(C)C)C(C(=O)Nc1ccccc1C)c1ccccc1. The number of benzene rings is 3. The summed E-state index contributed by atoms with van der Waals surface area (Å²) in [5.74, 6) is -0.635. The average molecular weight is 602 g/mol. The highest BCUT2D eigenvalue weighted by atomic mass is 16.6. The molecule has 0 saturated carbocycles. The monoisotopic (exact) mass is 601 g/mol. The molecule has 3 aromatic rings. The summed E-state index contributed by atoms with van der Waals surface area (Å²) in [4.78, 5) is 43.3. The van der Waals surface area contributed by atoms with Gasteiger partial charge in [0, 0.05) is 18.7 Å². The normalized spacial score (nSPS) is 12.6. The van der Waals surface area contributed by atoms with Crippen LogP contribution in [0.5, 0.6) is 5.75 Å². The molecule has 0 saturated heterocycles. The van der Waals surface area contributed by atoms with E-state index in [1.165, 1.54) is 12.1 Å². The molecule has 0 aliphatic heterocycles. The largest absolute Gasteiger partial charge is 0.508 e. The van der Waals surface area contributed by atoms with Gasteiger partial charge in [0.05, 0.1) is 0 Å². The molecule has 236 valence electrons. The van der Waals surface area contributed by atoms with Gasteiger partial charge < -0.3 is 25.4 Å². The third kappa shape index (κ3) is 10.7. The van der Waals surface area contributed by atoms with Gasteiger partial charge in [-0.05, 0) is 69.0 Å². The number of phenols is 1. The fourth-order valence-corrected chi connectivity index (χ4v) is 4.99. The first kappa shape index (κ1) is 34.2. The van der Waals surface area contributed by atoms with Gasteiger partial charge in [0.1, 0.15) is 23.4 Å². The zero-order valence-corrected chi connectivity index (χ0v) is 26.6. The molecule has 0 bridgehead atoms. The number of rotatable bonds is 14. The number of aromatic hydroxyl groups is 1. The summed E-state index contributed by atoms with van der Waals surface area (Å²) in [6.07, 6.45) is 4.23. The number of para-hydroxylation sites is 1. The number of amides is 3. The second-order valence-corrected chi connectivity index (χ2v) is 12.1. The third-order valence-corrected chi connectivity index (χ3v) is 7.23. The lowest BCUT2D eigenvalue weighted by Gasteiger charge is -2.35. The van der Waals surface area contributed by atoms with E-state index in [-0.39, 0.29) is 18.1 Å². The highest BCUT2D eigenvalue weighted by molar-refractivity contribution is 5.99. The Kier molecular flexibility index (Phi) is 12.8. The number of nitrogens with zero attached hydrogens (tertiary/aromatic N) is 1. The molecule has 0 radical (unpaired) electrons. The van der Waals surface area contributed by atoms with Crippen molar-refractivity contribution in [2.75, 3.05) is 11.9 Å². The maximum Gasteiger partial charge on any atom is 0.408 e. The first-order chi connectivity index (χ1) is 21.0. The summed E-state index contributed by atoms with van der Waals surface area (Å²) in [6.45, 7) is 9.66. The molecule has 0 aliphatic carbocycles. The van der Waals surface area contributed by atoms with Crippen LogP contribution in [0.15, 0.2) is 78.9 Å². The summed E-state index contributed by atoms with van der Waals surface area (Å²) < 4.78 is 5.53. The van der Waals surface area contributed by atoms with Crippen molar-refractivity contribution >= 4 is 23.6 Å². The van der Waals surface area contributed by atoms with Crippen molar-refractivity contribution in [2.45, 2.75) is 90.8 Å². The minimum absolute atomic E-state index is 0.0995. The summed E-state index contributed by atoms with van der Waals surface area (Å²) in [7, 11) is 0. The van der Waals surface area contributed by atoms with E-state index in [9.17, 15) is 19.5 Å². The Morgan fingerprint density at radius 1 is 0.864 bits per heavy atom. The fourth-order valence-electron chi connectivity index (χ4n) is 4.99. The summed E-state index contributed by atoms with van der Waals surface area (Å²) in [6, 6.07) is 21.3. The number of unbranched alkanes of at least 4 members (excludes halogenated alkanes) is 4. The molecule has 3 N–H and O–H groups in total. The number of anilines is 1. The van der Waals surface area contributed by atoms with E-state index in [1.807, 2.05) is 61.5 Å². The Labute approximate surface area is 261 Å². The van der Waals surface area contributed by atoms with Crippen molar-refractivity contribution in [3.05, 3.63) is 95.6 Å². The molecule has 0 fully saturated rings. The Hall–Kier alpha value is -4.33. The lowest BCUT2D eigenvalue weighted by atomic mass is 9.99. The molecule has 0 aromatic heterocycles. The maximum absolute atomic E-state index is 14.6. The second kappa shape index (κ2) is 16.5. The zero-order valence-electron chi connectivity index (χ0n) is 26.6. The van der Waals surface area contributed by atoms with Gasteiger partial charge in [-0.3, -0.25) is 9.59 Å². The van der Waals surface area contributed by atoms with E-state index in [0.717, 1.165) is 36.8 Å². The van der Waals surface area contributed by atoms with Gasteiger partial charge in [-0.15, -0.1) is 0 Å². The number of hydrogen-bond donors (Lipinski definition) is 3. The third-order valence-electron chi connectivity index (χ3n) is 7.23. The number of phenolic OH excluding ortho intramolecular Hbond substituents is 1. The summed E-state index contributed by atoms with van der Waals surface area (Å²) >= 11 is 0. The van der Waals surface area contributed by atoms with Gasteiger partial charge in [-0.2, -0.15) is 0 Å². The molecule has 8 nitrogen and oxygen atoms in total. The standard InChI is InChI=1S/C36H47N3O5/c1-6-7-8-9-15-24-39(32(28-17-11-10-12-18-28)33(41)37-30-19-14-13-16-26(30)2)34(42)31(38-35(43)44-36(3,4)5)25-27-20-22-29(40)23-21-27/h10-14,16-23,31-32,40H,6-9,15,24-25H2,1-5H3,(H,37,41)(H,38,43). The maximum atomic E-state index is 14.6. The molecule has 8 heteroatoms. The van der Waals surface area contributed by atoms with Gasteiger partial charge in [-0.1, -0.05) is 93.3 Å². The first-order valence-corrected chi connectivity index (χ1v) is 15.5. The van der Waals surface area contributed by atoms with E-state index < -0.39 is 29.7 Å². The lowest BCUT2D eigenvalue weighted by Crippen LogP contribution is -2.53. The Bertz CT molecular complexity index is 1350. The van der Waals surface area contributed by atoms with Gasteiger partial charge in [0.15, 0.2) is 0 Å². The van der Waals surface area contributed by atoms with Crippen molar-refractivity contribution in [1.82, 2.24) is 10.2 Å². The van der Waals surface area contributed by atoms with Crippen LogP contribution in [0.2, 0.25) is 0 Å². The highest BCUT2D eigenvalue weighted by Crippen LogP contribution is 2.27. The molecule has 0 heterocycles. The van der Waals surface area contributed by atoms with E-state index in [4.69, 9.17) is 4.74 Å². The molecule has 0 aliphatic rings. The fraction of sp³-hybridized carbons (Fsp3) is 0.417. The van der Waals surface area contributed by atoms with Crippen LogP contribution >= 0.6 is 0 Å². The number of alkyl carbamates (subject to hydrolysis) is 1. The minimum atomic E-state index is -1.03. The molecule has 3 aromatic carbocycles.